The molecule has 0 spiro atoms. The lowest BCUT2D eigenvalue weighted by molar-refractivity contribution is 0.129. The van der Waals surface area contributed by atoms with Crippen molar-refractivity contribution in [2.24, 2.45) is 0 Å². The summed E-state index contributed by atoms with van der Waals surface area (Å²) in [6.45, 7) is 1.76. The van der Waals surface area contributed by atoms with Crippen molar-refractivity contribution in [3.63, 3.8) is 0 Å². The van der Waals surface area contributed by atoms with Crippen molar-refractivity contribution in [2.45, 2.75) is 31.2 Å². The minimum Gasteiger partial charge on any atom is -0.285 e. The summed E-state index contributed by atoms with van der Waals surface area (Å²) in [6, 6.07) is 2.25. The lowest BCUT2D eigenvalue weighted by Crippen LogP contribution is -2.50. The highest BCUT2D eigenvalue weighted by Crippen LogP contribution is 2.31. The molecule has 2 heterocycles. The van der Waals surface area contributed by atoms with Gasteiger partial charge in [-0.1, -0.05) is 6.42 Å². The normalized spacial score (nSPS) is 36.2. The SMILES string of the molecule is N#CC1(N2CCCCC2)CCS(=O)(=O)C1. The summed E-state index contributed by atoms with van der Waals surface area (Å²) in [4.78, 5) is 2.08. The zero-order chi connectivity index (χ0) is 10.9. The molecular weight excluding hydrogens is 212 g/mol. The van der Waals surface area contributed by atoms with E-state index in [-0.39, 0.29) is 11.5 Å². The Bertz CT molecular complexity index is 379. The Hall–Kier alpha value is -0.600. The third-order valence-corrected chi connectivity index (χ3v) is 5.20. The molecule has 0 aromatic rings. The Morgan fingerprint density at radius 2 is 1.87 bits per heavy atom. The topological polar surface area (TPSA) is 61.2 Å². The lowest BCUT2D eigenvalue weighted by atomic mass is 9.95. The smallest absolute Gasteiger partial charge is 0.153 e. The van der Waals surface area contributed by atoms with Crippen molar-refractivity contribution in [2.75, 3.05) is 24.6 Å². The molecule has 4 nitrogen and oxygen atoms in total. The highest BCUT2D eigenvalue weighted by atomic mass is 32.2. The van der Waals surface area contributed by atoms with Gasteiger partial charge in [0.1, 0.15) is 5.54 Å². The molecule has 2 aliphatic rings. The quantitative estimate of drug-likeness (QED) is 0.657. The first-order valence-corrected chi connectivity index (χ1v) is 7.27. The summed E-state index contributed by atoms with van der Waals surface area (Å²) in [7, 11) is -2.98. The highest BCUT2D eigenvalue weighted by Gasteiger charge is 2.47. The fraction of sp³-hybridized carbons (Fsp3) is 0.900. The van der Waals surface area contributed by atoms with Gasteiger partial charge < -0.3 is 0 Å². The van der Waals surface area contributed by atoms with E-state index in [1.807, 2.05) is 0 Å². The average Bonchev–Trinajstić information content (AvgIpc) is 2.57. The Kier molecular flexibility index (Phi) is 2.73. The molecule has 0 aliphatic carbocycles. The van der Waals surface area contributed by atoms with E-state index in [9.17, 15) is 13.7 Å². The molecular formula is C10H16N2O2S. The molecule has 0 saturated carbocycles. The molecule has 0 aromatic heterocycles. The van der Waals surface area contributed by atoms with Gasteiger partial charge in [0, 0.05) is 0 Å². The Morgan fingerprint density at radius 3 is 2.33 bits per heavy atom. The molecule has 0 aromatic carbocycles. The van der Waals surface area contributed by atoms with Crippen LogP contribution >= 0.6 is 0 Å². The van der Waals surface area contributed by atoms with E-state index in [2.05, 4.69) is 11.0 Å². The molecule has 0 N–H and O–H groups in total. The van der Waals surface area contributed by atoms with Crippen molar-refractivity contribution < 1.29 is 8.42 Å². The van der Waals surface area contributed by atoms with Crippen molar-refractivity contribution in [1.29, 1.82) is 5.26 Å². The van der Waals surface area contributed by atoms with Gasteiger partial charge in [-0.25, -0.2) is 8.42 Å². The maximum atomic E-state index is 11.5. The standard InChI is InChI=1S/C10H16N2O2S/c11-8-10(4-7-15(13,14)9-10)12-5-2-1-3-6-12/h1-7,9H2. The third kappa shape index (κ3) is 2.01. The molecule has 5 heteroatoms. The summed E-state index contributed by atoms with van der Waals surface area (Å²) in [5.41, 5.74) is -0.709. The van der Waals surface area contributed by atoms with Crippen LogP contribution in [-0.4, -0.2) is 43.5 Å². The van der Waals surface area contributed by atoms with Crippen LogP contribution in [0.4, 0.5) is 0 Å². The molecule has 0 radical (unpaired) electrons. The van der Waals surface area contributed by atoms with E-state index in [4.69, 9.17) is 0 Å². The van der Waals surface area contributed by atoms with Crippen LogP contribution in [0.25, 0.3) is 0 Å². The van der Waals surface area contributed by atoms with Crippen LogP contribution < -0.4 is 0 Å². The van der Waals surface area contributed by atoms with Crippen LogP contribution in [0.5, 0.6) is 0 Å². The van der Waals surface area contributed by atoms with E-state index >= 15 is 0 Å². The largest absolute Gasteiger partial charge is 0.285 e. The number of nitrogens with zero attached hydrogens (tertiary/aromatic N) is 2. The van der Waals surface area contributed by atoms with E-state index in [0.717, 1.165) is 25.9 Å². The van der Waals surface area contributed by atoms with Gasteiger partial charge in [-0.05, 0) is 32.4 Å². The van der Waals surface area contributed by atoms with E-state index in [1.165, 1.54) is 6.42 Å². The fourth-order valence-electron chi connectivity index (χ4n) is 2.56. The second kappa shape index (κ2) is 3.76. The Labute approximate surface area is 90.8 Å². The first kappa shape index (κ1) is 10.9. The number of rotatable bonds is 1. The van der Waals surface area contributed by atoms with Crippen molar-refractivity contribution in [3.8, 4) is 6.07 Å². The predicted molar refractivity (Wildman–Crippen MR) is 57.0 cm³/mol. The number of likely N-dealkylation sites (tertiary alicyclic amines) is 1. The summed E-state index contributed by atoms with van der Waals surface area (Å²) in [6.07, 6.45) is 3.86. The van der Waals surface area contributed by atoms with Gasteiger partial charge in [-0.3, -0.25) is 4.90 Å². The molecule has 2 saturated heterocycles. The Morgan fingerprint density at radius 1 is 1.20 bits per heavy atom. The number of sulfone groups is 1. The van der Waals surface area contributed by atoms with Gasteiger partial charge in [0.25, 0.3) is 0 Å². The van der Waals surface area contributed by atoms with Gasteiger partial charge in [0.15, 0.2) is 9.84 Å². The molecule has 1 atom stereocenters. The van der Waals surface area contributed by atoms with Crippen LogP contribution in [0.3, 0.4) is 0 Å². The molecule has 2 fully saturated rings. The Balaban J connectivity index is 2.20. The average molecular weight is 228 g/mol. The van der Waals surface area contributed by atoms with Crippen LogP contribution in [0.2, 0.25) is 0 Å². The molecule has 84 valence electrons. The summed E-state index contributed by atoms with van der Waals surface area (Å²) in [5, 5.41) is 9.24. The second-order valence-corrected chi connectivity index (χ2v) is 6.72. The molecule has 0 amide bonds. The van der Waals surface area contributed by atoms with E-state index < -0.39 is 15.4 Å². The van der Waals surface area contributed by atoms with E-state index in [1.54, 1.807) is 0 Å². The van der Waals surface area contributed by atoms with Gasteiger partial charge >= 0.3 is 0 Å². The second-order valence-electron chi connectivity index (χ2n) is 4.53. The van der Waals surface area contributed by atoms with Gasteiger partial charge in [-0.15, -0.1) is 0 Å². The maximum absolute atomic E-state index is 11.5. The summed E-state index contributed by atoms with van der Waals surface area (Å²) >= 11 is 0. The number of hydrogen-bond donors (Lipinski definition) is 0. The van der Waals surface area contributed by atoms with E-state index in [0.29, 0.717) is 6.42 Å². The zero-order valence-electron chi connectivity index (χ0n) is 8.78. The molecule has 2 aliphatic heterocycles. The molecule has 1 unspecified atom stereocenters. The minimum atomic E-state index is -2.98. The van der Waals surface area contributed by atoms with Crippen LogP contribution in [0.1, 0.15) is 25.7 Å². The van der Waals surface area contributed by atoms with Gasteiger partial charge in [-0.2, -0.15) is 5.26 Å². The summed E-state index contributed by atoms with van der Waals surface area (Å²) < 4.78 is 22.9. The first-order chi connectivity index (χ1) is 7.08. The number of hydrogen-bond acceptors (Lipinski definition) is 4. The van der Waals surface area contributed by atoms with Crippen molar-refractivity contribution in [1.82, 2.24) is 4.90 Å². The number of piperidine rings is 1. The molecule has 15 heavy (non-hydrogen) atoms. The predicted octanol–water partition coefficient (Wildman–Crippen LogP) is 0.553. The van der Waals surface area contributed by atoms with Gasteiger partial charge in [0.05, 0.1) is 17.6 Å². The highest BCUT2D eigenvalue weighted by molar-refractivity contribution is 7.91. The fourth-order valence-corrected chi connectivity index (χ4v) is 4.47. The molecule has 0 bridgehead atoms. The first-order valence-electron chi connectivity index (χ1n) is 5.45. The van der Waals surface area contributed by atoms with Crippen LogP contribution in [0, 0.1) is 11.3 Å². The van der Waals surface area contributed by atoms with Crippen molar-refractivity contribution in [3.05, 3.63) is 0 Å². The van der Waals surface area contributed by atoms with Gasteiger partial charge in [0.2, 0.25) is 0 Å². The van der Waals surface area contributed by atoms with Crippen molar-refractivity contribution >= 4 is 9.84 Å². The lowest BCUT2D eigenvalue weighted by Gasteiger charge is -2.37. The maximum Gasteiger partial charge on any atom is 0.153 e. The van der Waals surface area contributed by atoms with Crippen LogP contribution in [0.15, 0.2) is 0 Å². The number of nitriles is 1. The third-order valence-electron chi connectivity index (χ3n) is 3.45. The molecule has 2 rings (SSSR count). The zero-order valence-corrected chi connectivity index (χ0v) is 9.59. The monoisotopic (exact) mass is 228 g/mol. The van der Waals surface area contributed by atoms with Crippen LogP contribution in [-0.2, 0) is 9.84 Å². The summed E-state index contributed by atoms with van der Waals surface area (Å²) in [5.74, 6) is 0.216. The minimum absolute atomic E-state index is 0.0382.